The second kappa shape index (κ2) is 4.61. The number of methoxy groups -OCH3 is 1. The summed E-state index contributed by atoms with van der Waals surface area (Å²) in [5.41, 5.74) is 7.55. The van der Waals surface area contributed by atoms with Gasteiger partial charge in [0.05, 0.1) is 25.5 Å². The fraction of sp³-hybridized carbons (Fsp3) is 0.500. The topological polar surface area (TPSA) is 47.7 Å². The van der Waals surface area contributed by atoms with Crippen molar-refractivity contribution in [3.63, 3.8) is 0 Å². The van der Waals surface area contributed by atoms with E-state index in [1.54, 1.807) is 7.11 Å². The van der Waals surface area contributed by atoms with E-state index in [-0.39, 0.29) is 6.10 Å². The molecule has 2 N–H and O–H groups in total. The Hall–Kier alpha value is -1.42. The van der Waals surface area contributed by atoms with E-state index in [0.717, 1.165) is 36.8 Å². The van der Waals surface area contributed by atoms with Gasteiger partial charge in [0.2, 0.25) is 0 Å². The van der Waals surface area contributed by atoms with Crippen LogP contribution in [-0.2, 0) is 4.74 Å². The Labute approximate surface area is 95.9 Å². The maximum absolute atomic E-state index is 5.74. The molecule has 1 aliphatic rings. The van der Waals surface area contributed by atoms with Crippen LogP contribution in [0.4, 0.5) is 11.4 Å². The number of nitrogen functional groups attached to an aromatic ring is 1. The fourth-order valence-corrected chi connectivity index (χ4v) is 1.99. The molecule has 0 aromatic heterocycles. The molecule has 1 atom stereocenters. The van der Waals surface area contributed by atoms with Crippen LogP contribution in [0.5, 0.6) is 5.75 Å². The quantitative estimate of drug-likeness (QED) is 0.770. The van der Waals surface area contributed by atoms with Gasteiger partial charge in [0, 0.05) is 24.8 Å². The lowest BCUT2D eigenvalue weighted by atomic mass is 10.2. The van der Waals surface area contributed by atoms with Crippen molar-refractivity contribution in [1.29, 1.82) is 0 Å². The smallest absolute Gasteiger partial charge is 0.144 e. The van der Waals surface area contributed by atoms with Crippen LogP contribution in [-0.4, -0.2) is 32.9 Å². The van der Waals surface area contributed by atoms with Crippen molar-refractivity contribution >= 4 is 11.4 Å². The summed E-state index contributed by atoms with van der Waals surface area (Å²) in [7, 11) is 1.67. The van der Waals surface area contributed by atoms with Gasteiger partial charge in [-0.3, -0.25) is 0 Å². The fourth-order valence-electron chi connectivity index (χ4n) is 1.99. The number of benzene rings is 1. The molecular formula is C12H18N2O2. The molecule has 0 spiro atoms. The van der Waals surface area contributed by atoms with Gasteiger partial charge < -0.3 is 20.1 Å². The lowest BCUT2D eigenvalue weighted by Crippen LogP contribution is -2.41. The van der Waals surface area contributed by atoms with Gasteiger partial charge in [-0.05, 0) is 19.1 Å². The van der Waals surface area contributed by atoms with Crippen molar-refractivity contribution in [2.75, 3.05) is 37.4 Å². The van der Waals surface area contributed by atoms with Crippen molar-refractivity contribution in [2.24, 2.45) is 0 Å². The molecule has 4 heteroatoms. The lowest BCUT2D eigenvalue weighted by Gasteiger charge is -2.33. The zero-order chi connectivity index (χ0) is 11.5. The second-order valence-corrected chi connectivity index (χ2v) is 4.06. The van der Waals surface area contributed by atoms with Crippen LogP contribution < -0.4 is 15.4 Å². The highest BCUT2D eigenvalue weighted by Crippen LogP contribution is 2.31. The first-order chi connectivity index (χ1) is 7.70. The minimum atomic E-state index is 0.260. The molecule has 88 valence electrons. The van der Waals surface area contributed by atoms with Gasteiger partial charge in [0.1, 0.15) is 5.75 Å². The van der Waals surface area contributed by atoms with Crippen molar-refractivity contribution in [2.45, 2.75) is 13.0 Å². The van der Waals surface area contributed by atoms with Gasteiger partial charge in [-0.15, -0.1) is 0 Å². The number of anilines is 2. The number of nitrogens with two attached hydrogens (primary N) is 1. The van der Waals surface area contributed by atoms with E-state index >= 15 is 0 Å². The van der Waals surface area contributed by atoms with E-state index in [9.17, 15) is 0 Å². The van der Waals surface area contributed by atoms with E-state index in [1.807, 2.05) is 18.2 Å². The van der Waals surface area contributed by atoms with Crippen molar-refractivity contribution in [3.8, 4) is 5.75 Å². The molecule has 1 fully saturated rings. The Kier molecular flexibility index (Phi) is 3.19. The van der Waals surface area contributed by atoms with Crippen LogP contribution in [0, 0.1) is 0 Å². The van der Waals surface area contributed by atoms with Crippen molar-refractivity contribution in [1.82, 2.24) is 0 Å². The zero-order valence-electron chi connectivity index (χ0n) is 9.77. The second-order valence-electron chi connectivity index (χ2n) is 4.06. The minimum absolute atomic E-state index is 0.260. The summed E-state index contributed by atoms with van der Waals surface area (Å²) < 4.78 is 10.9. The average Bonchev–Trinajstić information content (AvgIpc) is 2.28. The summed E-state index contributed by atoms with van der Waals surface area (Å²) in [6.07, 6.45) is 0.260. The van der Waals surface area contributed by atoms with Gasteiger partial charge >= 0.3 is 0 Å². The highest BCUT2D eigenvalue weighted by atomic mass is 16.5. The first-order valence-corrected chi connectivity index (χ1v) is 5.51. The Morgan fingerprint density at radius 2 is 2.31 bits per heavy atom. The summed E-state index contributed by atoms with van der Waals surface area (Å²) >= 11 is 0. The third-order valence-electron chi connectivity index (χ3n) is 2.79. The van der Waals surface area contributed by atoms with Crippen LogP contribution in [0.15, 0.2) is 18.2 Å². The molecule has 4 nitrogen and oxygen atoms in total. The Morgan fingerprint density at radius 1 is 1.50 bits per heavy atom. The highest BCUT2D eigenvalue weighted by molar-refractivity contribution is 5.64. The van der Waals surface area contributed by atoms with Gasteiger partial charge in [-0.2, -0.15) is 0 Å². The molecule has 0 aliphatic carbocycles. The van der Waals surface area contributed by atoms with Crippen molar-refractivity contribution < 1.29 is 9.47 Å². The van der Waals surface area contributed by atoms with Gasteiger partial charge in [-0.1, -0.05) is 0 Å². The summed E-state index contributed by atoms with van der Waals surface area (Å²) in [5, 5.41) is 0. The van der Waals surface area contributed by atoms with Crippen LogP contribution in [0.1, 0.15) is 6.92 Å². The monoisotopic (exact) mass is 222 g/mol. The van der Waals surface area contributed by atoms with E-state index in [0.29, 0.717) is 0 Å². The summed E-state index contributed by atoms with van der Waals surface area (Å²) in [4.78, 5) is 2.27. The molecule has 1 aromatic carbocycles. The number of hydrogen-bond acceptors (Lipinski definition) is 4. The SMILES string of the molecule is COc1cc(N)ccc1N1CCOC(C)C1. The van der Waals surface area contributed by atoms with Crippen LogP contribution in [0.3, 0.4) is 0 Å². The summed E-state index contributed by atoms with van der Waals surface area (Å²) in [6, 6.07) is 5.76. The van der Waals surface area contributed by atoms with E-state index in [1.165, 1.54) is 0 Å². The van der Waals surface area contributed by atoms with Gasteiger partial charge in [0.15, 0.2) is 0 Å². The lowest BCUT2D eigenvalue weighted by molar-refractivity contribution is 0.0531. The maximum atomic E-state index is 5.74. The molecule has 16 heavy (non-hydrogen) atoms. The molecule has 1 unspecified atom stereocenters. The number of rotatable bonds is 2. The van der Waals surface area contributed by atoms with E-state index in [4.69, 9.17) is 15.2 Å². The number of nitrogens with zero attached hydrogens (tertiary/aromatic N) is 1. The van der Waals surface area contributed by atoms with Crippen molar-refractivity contribution in [3.05, 3.63) is 18.2 Å². The maximum Gasteiger partial charge on any atom is 0.144 e. The zero-order valence-corrected chi connectivity index (χ0v) is 9.77. The first kappa shape index (κ1) is 11.1. The largest absolute Gasteiger partial charge is 0.495 e. The van der Waals surface area contributed by atoms with Crippen LogP contribution >= 0.6 is 0 Å². The van der Waals surface area contributed by atoms with E-state index < -0.39 is 0 Å². The summed E-state index contributed by atoms with van der Waals surface area (Å²) in [6.45, 7) is 4.62. The van der Waals surface area contributed by atoms with Gasteiger partial charge in [-0.25, -0.2) is 0 Å². The molecule has 0 amide bonds. The van der Waals surface area contributed by atoms with Gasteiger partial charge in [0.25, 0.3) is 0 Å². The minimum Gasteiger partial charge on any atom is -0.495 e. The van der Waals surface area contributed by atoms with Crippen LogP contribution in [0.2, 0.25) is 0 Å². The average molecular weight is 222 g/mol. The number of hydrogen-bond donors (Lipinski definition) is 1. The molecule has 0 radical (unpaired) electrons. The molecule has 1 saturated heterocycles. The first-order valence-electron chi connectivity index (χ1n) is 5.51. The standard InChI is InChI=1S/C12H18N2O2/c1-9-8-14(5-6-16-9)11-4-3-10(13)7-12(11)15-2/h3-4,7,9H,5-6,8,13H2,1-2H3. The molecule has 1 aliphatic heterocycles. The predicted molar refractivity (Wildman–Crippen MR) is 65.0 cm³/mol. The Balaban J connectivity index is 2.24. The highest BCUT2D eigenvalue weighted by Gasteiger charge is 2.19. The molecule has 1 aromatic rings. The molecule has 1 heterocycles. The molecule has 2 rings (SSSR count). The molecule has 0 bridgehead atoms. The molecule has 0 saturated carbocycles. The normalized spacial score (nSPS) is 20.9. The Bertz CT molecular complexity index is 368. The predicted octanol–water partition coefficient (Wildman–Crippen LogP) is 1.50. The third kappa shape index (κ3) is 2.22. The number of morpholine rings is 1. The molecular weight excluding hydrogens is 204 g/mol. The summed E-state index contributed by atoms with van der Waals surface area (Å²) in [5.74, 6) is 0.828. The third-order valence-corrected chi connectivity index (χ3v) is 2.79. The number of ether oxygens (including phenoxy) is 2. The Morgan fingerprint density at radius 3 is 3.00 bits per heavy atom. The van der Waals surface area contributed by atoms with Crippen LogP contribution in [0.25, 0.3) is 0 Å². The van der Waals surface area contributed by atoms with E-state index in [2.05, 4.69) is 11.8 Å².